The second-order valence-electron chi connectivity index (χ2n) is 1.94. The van der Waals surface area contributed by atoms with E-state index in [1.807, 2.05) is 36.4 Å². The van der Waals surface area contributed by atoms with Crippen molar-refractivity contribution in [2.75, 3.05) is 0 Å². The van der Waals surface area contributed by atoms with Crippen molar-refractivity contribution in [3.05, 3.63) is 42.5 Å². The van der Waals surface area contributed by atoms with E-state index in [9.17, 15) is 0 Å². The van der Waals surface area contributed by atoms with Gasteiger partial charge in [-0.2, -0.15) is 0 Å². The highest BCUT2D eigenvalue weighted by Crippen LogP contribution is 2.05. The molecule has 0 aromatic heterocycles. The van der Waals surface area contributed by atoms with Crippen molar-refractivity contribution in [2.45, 2.75) is 0 Å². The van der Waals surface area contributed by atoms with Crippen molar-refractivity contribution in [3.8, 4) is 0 Å². The summed E-state index contributed by atoms with van der Waals surface area (Å²) in [5, 5.41) is 0. The minimum atomic E-state index is -2.12. The first-order valence-corrected chi connectivity index (χ1v) is 4.58. The van der Waals surface area contributed by atoms with Crippen molar-refractivity contribution >= 4 is 14.6 Å². The van der Waals surface area contributed by atoms with E-state index in [1.54, 1.807) is 0 Å². The van der Waals surface area contributed by atoms with Crippen molar-refractivity contribution in [1.82, 2.24) is 0 Å². The average Bonchev–Trinajstić information content (AvgIpc) is 2.05. The number of nitrogens with two attached hydrogens (primary N) is 1. The lowest BCUT2D eigenvalue weighted by Gasteiger charge is -1.85. The Morgan fingerprint density at radius 2 is 1.67 bits per heavy atom. The molecule has 0 bridgehead atoms. The first kappa shape index (κ1) is 11.3. The van der Waals surface area contributed by atoms with Crippen LogP contribution in [0.25, 0.3) is 6.08 Å². The van der Waals surface area contributed by atoms with Crippen LogP contribution in [0.2, 0.25) is 0 Å². The van der Waals surface area contributed by atoms with E-state index in [2.05, 4.69) is 12.1 Å². The Kier molecular flexibility index (Phi) is 6.53. The zero-order valence-corrected chi connectivity index (χ0v) is 7.48. The van der Waals surface area contributed by atoms with Gasteiger partial charge in [0.25, 0.3) is 0 Å². The largest absolute Gasteiger partial charge is 0.338 e. The van der Waals surface area contributed by atoms with Gasteiger partial charge in [-0.05, 0) is 5.56 Å². The third-order valence-corrected chi connectivity index (χ3v) is 1.04. The highest BCUT2D eigenvalue weighted by atomic mass is 31.2. The van der Waals surface area contributed by atoms with Gasteiger partial charge in [-0.15, -0.1) is 0 Å². The van der Waals surface area contributed by atoms with Crippen molar-refractivity contribution in [2.24, 2.45) is 5.50 Å². The molecular weight excluding hydrogens is 173 g/mol. The molecule has 0 fully saturated rings. The molecule has 0 saturated carbocycles. The third kappa shape index (κ3) is 7.38. The molecule has 12 heavy (non-hydrogen) atoms. The molecule has 1 aromatic carbocycles. The van der Waals surface area contributed by atoms with Crippen molar-refractivity contribution in [3.63, 3.8) is 0 Å². The summed E-state index contributed by atoms with van der Waals surface area (Å²) >= 11 is 0. The van der Waals surface area contributed by atoms with Crippen LogP contribution in [-0.2, 0) is 0 Å². The molecule has 0 amide bonds. The molecule has 66 valence electrons. The lowest BCUT2D eigenvalue weighted by Crippen LogP contribution is -1.78. The smallest absolute Gasteiger partial charge is 0.247 e. The second kappa shape index (κ2) is 6.95. The summed E-state index contributed by atoms with van der Waals surface area (Å²) in [7, 11) is -2.12. The maximum Gasteiger partial charge on any atom is 0.247 e. The van der Waals surface area contributed by atoms with Gasteiger partial charge in [0.2, 0.25) is 8.53 Å². The number of rotatable bonds is 1. The highest BCUT2D eigenvalue weighted by Gasteiger charge is 1.75. The van der Waals surface area contributed by atoms with Gasteiger partial charge in [0, 0.05) is 0 Å². The number of hydrogen-bond acceptors (Lipinski definition) is 3. The van der Waals surface area contributed by atoms with Crippen LogP contribution in [0.3, 0.4) is 0 Å². The third-order valence-electron chi connectivity index (χ3n) is 1.04. The SMILES string of the molecule is C=Cc1ccccc1.NP(O)O. The quantitative estimate of drug-likeness (QED) is 0.580. The first-order chi connectivity index (χ1) is 5.66. The van der Waals surface area contributed by atoms with Crippen LogP contribution >= 0.6 is 8.53 Å². The molecule has 3 nitrogen and oxygen atoms in total. The van der Waals surface area contributed by atoms with E-state index >= 15 is 0 Å². The Morgan fingerprint density at radius 3 is 1.92 bits per heavy atom. The predicted octanol–water partition coefficient (Wildman–Crippen LogP) is 1.49. The van der Waals surface area contributed by atoms with Gasteiger partial charge >= 0.3 is 0 Å². The van der Waals surface area contributed by atoms with E-state index in [1.165, 1.54) is 5.56 Å². The Labute approximate surface area is 73.1 Å². The van der Waals surface area contributed by atoms with E-state index in [0.29, 0.717) is 0 Å². The lowest BCUT2D eigenvalue weighted by molar-refractivity contribution is 0.485. The monoisotopic (exact) mass is 185 g/mol. The average molecular weight is 185 g/mol. The van der Waals surface area contributed by atoms with Crippen LogP contribution in [0.5, 0.6) is 0 Å². The van der Waals surface area contributed by atoms with Crippen LogP contribution in [0.15, 0.2) is 36.9 Å². The van der Waals surface area contributed by atoms with Gasteiger partial charge in [0.15, 0.2) is 0 Å². The standard InChI is InChI=1S/C8H8.H4NO2P/c1-2-8-6-4-3-5-7-8;1-4(2)3/h2-7H,1H2;2-3H,1H2. The molecule has 0 atom stereocenters. The summed E-state index contributed by atoms with van der Waals surface area (Å²) in [4.78, 5) is 14.9. The van der Waals surface area contributed by atoms with Gasteiger partial charge in [-0.1, -0.05) is 43.0 Å². The van der Waals surface area contributed by atoms with Gasteiger partial charge in [0.05, 0.1) is 0 Å². The molecule has 0 radical (unpaired) electrons. The van der Waals surface area contributed by atoms with Crippen molar-refractivity contribution < 1.29 is 9.79 Å². The number of hydrogen-bond donors (Lipinski definition) is 3. The van der Waals surface area contributed by atoms with Gasteiger partial charge in [0.1, 0.15) is 0 Å². The minimum Gasteiger partial charge on any atom is -0.338 e. The summed E-state index contributed by atoms with van der Waals surface area (Å²) < 4.78 is 0. The fourth-order valence-electron chi connectivity index (χ4n) is 0.589. The minimum absolute atomic E-state index is 1.17. The molecule has 4 N–H and O–H groups in total. The zero-order chi connectivity index (χ0) is 9.40. The van der Waals surface area contributed by atoms with Gasteiger partial charge in [-0.3, -0.25) is 5.50 Å². The maximum absolute atomic E-state index is 7.45. The molecule has 1 aromatic rings. The second-order valence-corrected chi connectivity index (χ2v) is 2.58. The lowest BCUT2D eigenvalue weighted by atomic mass is 10.2. The molecule has 0 saturated heterocycles. The molecule has 1 rings (SSSR count). The van der Waals surface area contributed by atoms with Gasteiger partial charge in [-0.25, -0.2) is 0 Å². The van der Waals surface area contributed by atoms with Crippen molar-refractivity contribution in [1.29, 1.82) is 0 Å². The van der Waals surface area contributed by atoms with Crippen LogP contribution in [0, 0.1) is 0 Å². The van der Waals surface area contributed by atoms with Crippen LogP contribution < -0.4 is 5.50 Å². The molecule has 0 aliphatic carbocycles. The topological polar surface area (TPSA) is 66.5 Å². The first-order valence-electron chi connectivity index (χ1n) is 3.27. The Hall–Kier alpha value is -0.730. The molecule has 0 aliphatic heterocycles. The van der Waals surface area contributed by atoms with Gasteiger partial charge < -0.3 is 9.79 Å². The fourth-order valence-corrected chi connectivity index (χ4v) is 0.589. The van der Waals surface area contributed by atoms with Crippen LogP contribution in [0.4, 0.5) is 0 Å². The predicted molar refractivity (Wildman–Crippen MR) is 52.1 cm³/mol. The van der Waals surface area contributed by atoms with Crippen LogP contribution in [-0.4, -0.2) is 9.79 Å². The Bertz CT molecular complexity index is 211. The molecule has 0 heterocycles. The summed E-state index contributed by atoms with van der Waals surface area (Å²) in [6.07, 6.45) is 1.83. The highest BCUT2D eigenvalue weighted by molar-refractivity contribution is 7.42. The summed E-state index contributed by atoms with van der Waals surface area (Å²) in [5.41, 5.74) is 5.46. The summed E-state index contributed by atoms with van der Waals surface area (Å²) in [5.74, 6) is 0. The number of benzene rings is 1. The Morgan fingerprint density at radius 1 is 1.25 bits per heavy atom. The summed E-state index contributed by atoms with van der Waals surface area (Å²) in [6, 6.07) is 10.0. The van der Waals surface area contributed by atoms with E-state index < -0.39 is 8.53 Å². The zero-order valence-electron chi connectivity index (χ0n) is 6.59. The maximum atomic E-state index is 7.45. The van der Waals surface area contributed by atoms with Crippen LogP contribution in [0.1, 0.15) is 5.56 Å². The fraction of sp³-hybridized carbons (Fsp3) is 0. The normalized spacial score (nSPS) is 8.67. The molecular formula is C8H12NO2P. The molecule has 0 aliphatic rings. The van der Waals surface area contributed by atoms with E-state index in [0.717, 1.165) is 0 Å². The molecule has 0 spiro atoms. The molecule has 0 unspecified atom stereocenters. The molecule has 4 heteroatoms. The van der Waals surface area contributed by atoms with E-state index in [-0.39, 0.29) is 0 Å². The Balaban J connectivity index is 0.000000261. The van der Waals surface area contributed by atoms with E-state index in [4.69, 9.17) is 9.79 Å². The summed E-state index contributed by atoms with van der Waals surface area (Å²) in [6.45, 7) is 3.63.